The Balaban J connectivity index is 4.49. The second-order valence-corrected chi connectivity index (χ2v) is 4.25. The minimum absolute atomic E-state index is 0.211. The summed E-state index contributed by atoms with van der Waals surface area (Å²) in [6.45, 7) is 14.8. The summed E-state index contributed by atoms with van der Waals surface area (Å²) >= 11 is 0. The van der Waals surface area contributed by atoms with Crippen molar-refractivity contribution < 1.29 is 0 Å². The van der Waals surface area contributed by atoms with E-state index in [0.717, 1.165) is 6.42 Å². The summed E-state index contributed by atoms with van der Waals surface area (Å²) in [6, 6.07) is 0. The van der Waals surface area contributed by atoms with E-state index in [1.807, 2.05) is 6.92 Å². The van der Waals surface area contributed by atoms with Crippen LogP contribution < -0.4 is 0 Å². The summed E-state index contributed by atoms with van der Waals surface area (Å²) < 4.78 is 0. The molecule has 13 heavy (non-hydrogen) atoms. The molecule has 0 aromatic carbocycles. The van der Waals surface area contributed by atoms with Gasteiger partial charge in [-0.2, -0.15) is 0 Å². The molecule has 0 spiro atoms. The number of hydrogen-bond acceptors (Lipinski definition) is 0. The lowest BCUT2D eigenvalue weighted by molar-refractivity contribution is 0.753. The zero-order valence-electron chi connectivity index (χ0n) is 9.65. The molecular weight excluding hydrogens is 155 g/mol. The normalized spacial score (nSPS) is 15.5. The van der Waals surface area contributed by atoms with Crippen LogP contribution >= 0.6 is 0 Å². The standard InChI is InChI=1S/C12H21B/c1-8(2)11(5)12(6)9(3)7-10(4)13/h8,10H,3,7H2,1-2,4-6H3/b12-11+. The van der Waals surface area contributed by atoms with Crippen LogP contribution in [0, 0.1) is 5.92 Å². The molecule has 0 aliphatic rings. The van der Waals surface area contributed by atoms with Gasteiger partial charge >= 0.3 is 0 Å². The van der Waals surface area contributed by atoms with Gasteiger partial charge in [0.1, 0.15) is 0 Å². The fourth-order valence-corrected chi connectivity index (χ4v) is 1.25. The predicted molar refractivity (Wildman–Crippen MR) is 62.1 cm³/mol. The molecule has 0 fully saturated rings. The highest BCUT2D eigenvalue weighted by atomic mass is 14.1. The van der Waals surface area contributed by atoms with Crippen molar-refractivity contribution >= 4 is 7.85 Å². The van der Waals surface area contributed by atoms with Crippen molar-refractivity contribution in [2.45, 2.75) is 46.9 Å². The molecule has 0 bridgehead atoms. The molecule has 0 heterocycles. The Bertz CT molecular complexity index is 209. The van der Waals surface area contributed by atoms with E-state index in [4.69, 9.17) is 7.85 Å². The molecule has 1 heteroatoms. The van der Waals surface area contributed by atoms with Gasteiger partial charge in [-0.15, -0.1) is 0 Å². The van der Waals surface area contributed by atoms with Crippen molar-refractivity contribution in [1.82, 2.24) is 0 Å². The molecule has 0 aromatic heterocycles. The maximum atomic E-state index is 5.72. The average Bonchev–Trinajstić information content (AvgIpc) is 2.00. The topological polar surface area (TPSA) is 0 Å². The van der Waals surface area contributed by atoms with Crippen molar-refractivity contribution in [2.75, 3.05) is 0 Å². The van der Waals surface area contributed by atoms with Crippen LogP contribution in [-0.4, -0.2) is 7.85 Å². The van der Waals surface area contributed by atoms with Gasteiger partial charge in [-0.25, -0.2) is 0 Å². The van der Waals surface area contributed by atoms with Crippen LogP contribution in [0.25, 0.3) is 0 Å². The number of hydrogen-bond donors (Lipinski definition) is 0. The van der Waals surface area contributed by atoms with Gasteiger partial charge in [0.25, 0.3) is 0 Å². The van der Waals surface area contributed by atoms with Crippen LogP contribution in [0.2, 0.25) is 5.82 Å². The minimum Gasteiger partial charge on any atom is -0.0956 e. The maximum Gasteiger partial charge on any atom is 0.0700 e. The molecule has 0 amide bonds. The van der Waals surface area contributed by atoms with Gasteiger partial charge in [-0.1, -0.05) is 44.3 Å². The third kappa shape index (κ3) is 4.35. The highest BCUT2D eigenvalue weighted by molar-refractivity contribution is 6.11. The summed E-state index contributed by atoms with van der Waals surface area (Å²) in [5, 5.41) is 0. The van der Waals surface area contributed by atoms with Crippen LogP contribution in [0.15, 0.2) is 23.3 Å². The van der Waals surface area contributed by atoms with Crippen molar-refractivity contribution in [1.29, 1.82) is 0 Å². The van der Waals surface area contributed by atoms with Gasteiger partial charge in [-0.3, -0.25) is 0 Å². The van der Waals surface area contributed by atoms with Gasteiger partial charge in [-0.05, 0) is 31.8 Å². The van der Waals surface area contributed by atoms with Crippen molar-refractivity contribution in [3.63, 3.8) is 0 Å². The zero-order chi connectivity index (χ0) is 10.6. The van der Waals surface area contributed by atoms with E-state index in [1.54, 1.807) is 0 Å². The van der Waals surface area contributed by atoms with E-state index in [0.29, 0.717) is 5.92 Å². The molecular formula is C12H21B. The quantitative estimate of drug-likeness (QED) is 0.450. The first-order valence-electron chi connectivity index (χ1n) is 4.97. The van der Waals surface area contributed by atoms with Crippen LogP contribution in [0.3, 0.4) is 0 Å². The molecule has 0 rings (SSSR count). The van der Waals surface area contributed by atoms with E-state index < -0.39 is 0 Å². The zero-order valence-corrected chi connectivity index (χ0v) is 9.65. The van der Waals surface area contributed by atoms with Gasteiger partial charge in [0.2, 0.25) is 0 Å². The molecule has 0 saturated heterocycles. The van der Waals surface area contributed by atoms with Crippen LogP contribution in [0.1, 0.15) is 41.0 Å². The van der Waals surface area contributed by atoms with Crippen LogP contribution in [-0.2, 0) is 0 Å². The summed E-state index contributed by atoms with van der Waals surface area (Å²) in [6.07, 6.45) is 0.899. The van der Waals surface area contributed by atoms with E-state index in [1.165, 1.54) is 16.7 Å². The van der Waals surface area contributed by atoms with Crippen LogP contribution in [0.4, 0.5) is 0 Å². The summed E-state index contributed by atoms with van der Waals surface area (Å²) in [7, 11) is 5.72. The van der Waals surface area contributed by atoms with E-state index in [-0.39, 0.29) is 5.82 Å². The highest BCUT2D eigenvalue weighted by Crippen LogP contribution is 2.24. The first kappa shape index (κ1) is 12.5. The second kappa shape index (κ2) is 5.31. The van der Waals surface area contributed by atoms with Crippen molar-refractivity contribution in [3.05, 3.63) is 23.3 Å². The van der Waals surface area contributed by atoms with Crippen molar-refractivity contribution in [2.24, 2.45) is 5.92 Å². The lowest BCUT2D eigenvalue weighted by atomic mass is 9.81. The summed E-state index contributed by atoms with van der Waals surface area (Å²) in [5.41, 5.74) is 3.93. The Labute approximate surface area is 84.5 Å². The molecule has 0 saturated carbocycles. The largest absolute Gasteiger partial charge is 0.0956 e. The molecule has 0 aromatic rings. The molecule has 1 unspecified atom stereocenters. The van der Waals surface area contributed by atoms with Crippen LogP contribution in [0.5, 0.6) is 0 Å². The number of allylic oxidation sites excluding steroid dienone is 3. The first-order valence-corrected chi connectivity index (χ1v) is 4.97. The lowest BCUT2D eigenvalue weighted by Gasteiger charge is -2.15. The molecule has 0 N–H and O–H groups in total. The fourth-order valence-electron chi connectivity index (χ4n) is 1.25. The van der Waals surface area contributed by atoms with Gasteiger partial charge in [0.15, 0.2) is 0 Å². The molecule has 0 aliphatic heterocycles. The smallest absolute Gasteiger partial charge is 0.0700 e. The Morgan fingerprint density at radius 1 is 1.23 bits per heavy atom. The summed E-state index contributed by atoms with van der Waals surface area (Å²) in [5.74, 6) is 0.812. The second-order valence-electron chi connectivity index (χ2n) is 4.25. The van der Waals surface area contributed by atoms with E-state index in [9.17, 15) is 0 Å². The average molecular weight is 176 g/mol. The lowest BCUT2D eigenvalue weighted by Crippen LogP contribution is -1.98. The van der Waals surface area contributed by atoms with E-state index >= 15 is 0 Å². The molecule has 0 nitrogen and oxygen atoms in total. The molecule has 2 radical (unpaired) electrons. The Morgan fingerprint density at radius 2 is 1.69 bits per heavy atom. The third-order valence-corrected chi connectivity index (χ3v) is 2.56. The SMILES string of the molecule is [B]C(C)CC(=C)/C(C)=C(\C)C(C)C. The Hall–Kier alpha value is -0.455. The van der Waals surface area contributed by atoms with Crippen molar-refractivity contribution in [3.8, 4) is 0 Å². The Morgan fingerprint density at radius 3 is 2.00 bits per heavy atom. The third-order valence-electron chi connectivity index (χ3n) is 2.56. The monoisotopic (exact) mass is 176 g/mol. The first-order chi connectivity index (χ1) is 5.86. The molecule has 1 atom stereocenters. The molecule has 72 valence electrons. The fraction of sp³-hybridized carbons (Fsp3) is 0.667. The molecule has 0 aliphatic carbocycles. The highest BCUT2D eigenvalue weighted by Gasteiger charge is 2.06. The van der Waals surface area contributed by atoms with E-state index in [2.05, 4.69) is 34.3 Å². The summed E-state index contributed by atoms with van der Waals surface area (Å²) in [4.78, 5) is 0. The Kier molecular flexibility index (Phi) is 5.13. The van der Waals surface area contributed by atoms with Gasteiger partial charge in [0.05, 0.1) is 7.85 Å². The predicted octanol–water partition coefficient (Wildman–Crippen LogP) is 3.90. The van der Waals surface area contributed by atoms with Gasteiger partial charge < -0.3 is 0 Å². The maximum absolute atomic E-state index is 5.72. The number of rotatable bonds is 4. The minimum atomic E-state index is 0.211. The van der Waals surface area contributed by atoms with Gasteiger partial charge in [0, 0.05) is 0 Å².